The van der Waals surface area contributed by atoms with E-state index in [-0.39, 0.29) is 11.4 Å². The topological polar surface area (TPSA) is 121 Å². The van der Waals surface area contributed by atoms with E-state index in [0.29, 0.717) is 0 Å². The predicted molar refractivity (Wildman–Crippen MR) is 46.8 cm³/mol. The molecule has 0 bridgehead atoms. The van der Waals surface area contributed by atoms with Crippen LogP contribution in [0.15, 0.2) is 24.3 Å². The molecule has 0 aliphatic carbocycles. The summed E-state index contributed by atoms with van der Waals surface area (Å²) in [5, 5.41) is 18.9. The average Bonchev–Trinajstić information content (AvgIpc) is 2.03. The van der Waals surface area contributed by atoms with Gasteiger partial charge in [-0.25, -0.2) is 0 Å². The second kappa shape index (κ2) is 5.98. The van der Waals surface area contributed by atoms with Gasteiger partial charge in [0.1, 0.15) is 0 Å². The first-order valence-corrected chi connectivity index (χ1v) is 4.39. The number of benzene rings is 1. The lowest BCUT2D eigenvalue weighted by molar-refractivity contribution is -0.385. The Kier molecular flexibility index (Phi) is 5.31. The average molecular weight is 220 g/mol. The molecule has 0 atom stereocenters. The number of aromatic hydroxyl groups is 1. The van der Waals surface area contributed by atoms with E-state index in [0.717, 1.165) is 0 Å². The minimum atomic E-state index is -2.87. The van der Waals surface area contributed by atoms with Gasteiger partial charge in [-0.15, -0.1) is 9.79 Å². The van der Waals surface area contributed by atoms with Crippen LogP contribution in [0, 0.1) is 10.1 Å². The molecule has 3 N–H and O–H groups in total. The molecule has 0 amide bonds. The highest BCUT2D eigenvalue weighted by Gasteiger charge is 2.09. The summed E-state index contributed by atoms with van der Waals surface area (Å²) in [7, 11) is -2.87. The molecule has 76 valence electrons. The van der Waals surface area contributed by atoms with Gasteiger partial charge in [-0.2, -0.15) is 0 Å². The van der Waals surface area contributed by atoms with Crippen LogP contribution in [0.25, 0.3) is 0 Å². The quantitative estimate of drug-likeness (QED) is 0.367. The molecule has 1 rings (SSSR count). The minimum absolute atomic E-state index is 0.262. The van der Waals surface area contributed by atoms with Crippen LogP contribution in [0.1, 0.15) is 0 Å². The number of phenolic OH excluding ortho intramolecular Hbond substituents is 1. The predicted octanol–water partition coefficient (Wildman–Crippen LogP) is 0.929. The number of phenols is 1. The van der Waals surface area contributed by atoms with Gasteiger partial charge in [0.15, 0.2) is 5.75 Å². The summed E-state index contributed by atoms with van der Waals surface area (Å²) < 4.78 is 8.70. The van der Waals surface area contributed by atoms with Crippen molar-refractivity contribution in [2.75, 3.05) is 0 Å². The molecule has 0 aliphatic rings. The van der Waals surface area contributed by atoms with Crippen molar-refractivity contribution < 1.29 is 24.4 Å². The second-order valence-corrected chi connectivity index (χ2v) is 2.50. The molecule has 7 nitrogen and oxygen atoms in total. The molecule has 0 radical (unpaired) electrons. The van der Waals surface area contributed by atoms with E-state index in [1.807, 2.05) is 0 Å². The fourth-order valence-corrected chi connectivity index (χ4v) is 0.619. The fraction of sp³-hybridized carbons (Fsp3) is 0. The van der Waals surface area contributed by atoms with Crippen LogP contribution in [0.4, 0.5) is 5.69 Å². The van der Waals surface area contributed by atoms with Crippen LogP contribution < -0.4 is 0 Å². The third kappa shape index (κ3) is 5.15. The summed E-state index contributed by atoms with van der Waals surface area (Å²) in [6, 6.07) is 5.55. The maximum Gasteiger partial charge on any atom is 0.692 e. The molecule has 0 spiro atoms. The Bertz CT molecular complexity index is 337. The number of nitro groups is 1. The summed E-state index contributed by atoms with van der Waals surface area (Å²) in [5.41, 5.74) is -0.262. The van der Waals surface area contributed by atoms with Gasteiger partial charge in [0.25, 0.3) is 0 Å². The Labute approximate surface area is 79.4 Å². The minimum Gasteiger partial charge on any atom is -0.502 e. The van der Waals surface area contributed by atoms with Gasteiger partial charge in [0, 0.05) is 10.6 Å². The van der Waals surface area contributed by atoms with Crippen LogP contribution in [0.5, 0.6) is 5.75 Å². The van der Waals surface area contributed by atoms with Crippen LogP contribution in [0.3, 0.4) is 0 Å². The fourth-order valence-electron chi connectivity index (χ4n) is 0.619. The zero-order chi connectivity index (χ0) is 11.1. The van der Waals surface area contributed by atoms with E-state index in [4.69, 9.17) is 19.5 Å². The van der Waals surface area contributed by atoms with Crippen molar-refractivity contribution in [3.63, 3.8) is 0 Å². The summed E-state index contributed by atoms with van der Waals surface area (Å²) in [6.45, 7) is 0. The Morgan fingerprint density at radius 3 is 2.00 bits per heavy atom. The van der Waals surface area contributed by atoms with Gasteiger partial charge >= 0.3 is 13.9 Å². The normalized spacial score (nSPS) is 8.43. The molecule has 0 unspecified atom stereocenters. The third-order valence-corrected chi connectivity index (χ3v) is 1.08. The molecule has 0 saturated heterocycles. The van der Waals surface area contributed by atoms with Gasteiger partial charge < -0.3 is 5.11 Å². The zero-order valence-electron chi connectivity index (χ0n) is 6.77. The standard InChI is InChI=1S/C6H5NO3.HO3P/c8-6-4-2-1-3-5(6)7(9)10;1-4(2)3/h1-4,8H;(H-,1,2,3)/p+1. The zero-order valence-corrected chi connectivity index (χ0v) is 7.66. The van der Waals surface area contributed by atoms with Crippen molar-refractivity contribution in [2.24, 2.45) is 0 Å². The first-order chi connectivity index (χ1) is 6.45. The number of hydrogen-bond acceptors (Lipinski definition) is 4. The van der Waals surface area contributed by atoms with Crippen LogP contribution in [0.2, 0.25) is 0 Å². The Hall–Kier alpha value is -1.56. The van der Waals surface area contributed by atoms with Crippen molar-refractivity contribution >= 4 is 13.9 Å². The third-order valence-electron chi connectivity index (χ3n) is 1.08. The molecule has 0 aromatic heterocycles. The van der Waals surface area contributed by atoms with Crippen LogP contribution >= 0.6 is 8.25 Å². The van der Waals surface area contributed by atoms with Gasteiger partial charge in [0.2, 0.25) is 0 Å². The lowest BCUT2D eigenvalue weighted by Crippen LogP contribution is -1.86. The van der Waals surface area contributed by atoms with Crippen LogP contribution in [-0.2, 0) is 4.57 Å². The van der Waals surface area contributed by atoms with Crippen molar-refractivity contribution in [1.82, 2.24) is 0 Å². The molecular formula is C6H7NO6P+. The number of hydrogen-bond donors (Lipinski definition) is 3. The SMILES string of the molecule is O=[N+]([O-])c1ccccc1O.O=[P+](O)O. The smallest absolute Gasteiger partial charge is 0.502 e. The van der Waals surface area contributed by atoms with E-state index < -0.39 is 13.2 Å². The molecule has 0 aliphatic heterocycles. The molecule has 1 aromatic rings. The Morgan fingerprint density at radius 1 is 1.29 bits per heavy atom. The summed E-state index contributed by atoms with van der Waals surface area (Å²) >= 11 is 0. The van der Waals surface area contributed by atoms with Crippen LogP contribution in [-0.4, -0.2) is 19.8 Å². The van der Waals surface area contributed by atoms with E-state index >= 15 is 0 Å². The van der Waals surface area contributed by atoms with Crippen molar-refractivity contribution in [2.45, 2.75) is 0 Å². The maximum atomic E-state index is 10.1. The molecule has 1 aromatic carbocycles. The van der Waals surface area contributed by atoms with Gasteiger partial charge in [-0.1, -0.05) is 12.1 Å². The first kappa shape index (κ1) is 12.4. The van der Waals surface area contributed by atoms with E-state index in [2.05, 4.69) is 0 Å². The summed E-state index contributed by atoms with van der Waals surface area (Å²) in [4.78, 5) is 23.7. The summed E-state index contributed by atoms with van der Waals surface area (Å²) in [6.07, 6.45) is 0. The number of rotatable bonds is 1. The Morgan fingerprint density at radius 2 is 1.71 bits per heavy atom. The van der Waals surface area contributed by atoms with E-state index in [9.17, 15) is 10.1 Å². The van der Waals surface area contributed by atoms with Crippen molar-refractivity contribution in [3.8, 4) is 5.75 Å². The first-order valence-electron chi connectivity index (χ1n) is 3.22. The number of nitrogens with zero attached hydrogens (tertiary/aromatic N) is 1. The lowest BCUT2D eigenvalue weighted by Gasteiger charge is -1.91. The number of para-hydroxylation sites is 2. The highest BCUT2D eigenvalue weighted by molar-refractivity contribution is 7.30. The van der Waals surface area contributed by atoms with E-state index in [1.165, 1.54) is 24.3 Å². The van der Waals surface area contributed by atoms with Gasteiger partial charge in [0.05, 0.1) is 4.92 Å². The highest BCUT2D eigenvalue weighted by Crippen LogP contribution is 2.23. The molecule has 8 heteroatoms. The summed E-state index contributed by atoms with van der Waals surface area (Å²) in [5.74, 6) is -0.299. The molecular weight excluding hydrogens is 213 g/mol. The molecule has 14 heavy (non-hydrogen) atoms. The lowest BCUT2D eigenvalue weighted by atomic mass is 10.3. The highest BCUT2D eigenvalue weighted by atomic mass is 31.1. The molecule has 0 fully saturated rings. The van der Waals surface area contributed by atoms with Crippen molar-refractivity contribution in [3.05, 3.63) is 34.4 Å². The maximum absolute atomic E-state index is 10.1. The van der Waals surface area contributed by atoms with Crippen molar-refractivity contribution in [1.29, 1.82) is 0 Å². The monoisotopic (exact) mass is 220 g/mol. The molecule has 0 saturated carbocycles. The largest absolute Gasteiger partial charge is 0.692 e. The molecule has 0 heterocycles. The van der Waals surface area contributed by atoms with E-state index in [1.54, 1.807) is 0 Å². The Balaban J connectivity index is 0.000000364. The van der Waals surface area contributed by atoms with Gasteiger partial charge in [-0.05, 0) is 6.07 Å². The second-order valence-electron chi connectivity index (χ2n) is 2.00. The van der Waals surface area contributed by atoms with Gasteiger partial charge in [-0.3, -0.25) is 10.1 Å². The number of nitro benzene ring substituents is 1.